The first-order valence-corrected chi connectivity index (χ1v) is 5.72. The van der Waals surface area contributed by atoms with E-state index in [2.05, 4.69) is 6.08 Å². The summed E-state index contributed by atoms with van der Waals surface area (Å²) >= 11 is 6.09. The number of rotatable bonds is 1. The van der Waals surface area contributed by atoms with Crippen molar-refractivity contribution in [1.29, 1.82) is 0 Å². The van der Waals surface area contributed by atoms with Crippen LogP contribution in [-0.2, 0) is 0 Å². The third-order valence-corrected chi connectivity index (χ3v) is 3.19. The molecule has 0 aromatic heterocycles. The molecule has 15 heavy (non-hydrogen) atoms. The Balaban J connectivity index is 2.37. The Morgan fingerprint density at radius 3 is 2.87 bits per heavy atom. The van der Waals surface area contributed by atoms with Crippen molar-refractivity contribution >= 4 is 17.2 Å². The molecular weight excluding hydrogens is 211 g/mol. The van der Waals surface area contributed by atoms with Gasteiger partial charge in [-0.05, 0) is 55.0 Å². The fraction of sp³-hybridized carbons (Fsp3) is 0.385. The van der Waals surface area contributed by atoms with Gasteiger partial charge in [-0.25, -0.2) is 4.39 Å². The molecule has 0 nitrogen and oxygen atoms in total. The van der Waals surface area contributed by atoms with Crippen molar-refractivity contribution in [3.8, 4) is 0 Å². The second-order valence-corrected chi connectivity index (χ2v) is 4.62. The Bertz CT molecular complexity index is 396. The van der Waals surface area contributed by atoms with Gasteiger partial charge >= 0.3 is 0 Å². The maximum Gasteiger partial charge on any atom is 0.123 e. The van der Waals surface area contributed by atoms with Crippen molar-refractivity contribution in [1.82, 2.24) is 0 Å². The average Bonchev–Trinajstić information content (AvgIpc) is 2.17. The van der Waals surface area contributed by atoms with Gasteiger partial charge in [0.25, 0.3) is 0 Å². The molecule has 1 aliphatic carbocycles. The molecular formula is C13H14ClF. The zero-order valence-electron chi connectivity index (χ0n) is 8.76. The van der Waals surface area contributed by atoms with Crippen LogP contribution in [0.4, 0.5) is 4.39 Å². The molecule has 80 valence electrons. The maximum absolute atomic E-state index is 12.9. The lowest BCUT2D eigenvalue weighted by atomic mass is 9.91. The molecule has 1 aromatic rings. The first kappa shape index (κ1) is 10.7. The fourth-order valence-corrected chi connectivity index (χ4v) is 2.39. The Hall–Kier alpha value is -0.820. The van der Waals surface area contributed by atoms with Gasteiger partial charge < -0.3 is 0 Å². The van der Waals surface area contributed by atoms with E-state index < -0.39 is 0 Å². The highest BCUT2D eigenvalue weighted by atomic mass is 35.5. The molecule has 1 aromatic carbocycles. The highest BCUT2D eigenvalue weighted by Crippen LogP contribution is 2.30. The van der Waals surface area contributed by atoms with Crippen molar-refractivity contribution in [2.75, 3.05) is 0 Å². The summed E-state index contributed by atoms with van der Waals surface area (Å²) in [6.45, 7) is 1.94. The molecule has 0 bridgehead atoms. The average molecular weight is 225 g/mol. The smallest absolute Gasteiger partial charge is 0.123 e. The van der Waals surface area contributed by atoms with Crippen molar-refractivity contribution < 1.29 is 4.39 Å². The molecule has 0 heterocycles. The normalized spacial score (nSPS) is 21.3. The summed E-state index contributed by atoms with van der Waals surface area (Å²) in [6, 6.07) is 4.94. The zero-order valence-corrected chi connectivity index (χ0v) is 9.52. The summed E-state index contributed by atoms with van der Waals surface area (Å²) < 4.78 is 12.9. The van der Waals surface area contributed by atoms with Crippen LogP contribution in [0, 0.1) is 12.7 Å². The van der Waals surface area contributed by atoms with E-state index in [0.29, 0.717) is 0 Å². The summed E-state index contributed by atoms with van der Waals surface area (Å²) in [4.78, 5) is 0. The quantitative estimate of drug-likeness (QED) is 0.624. The van der Waals surface area contributed by atoms with Gasteiger partial charge in [-0.3, -0.25) is 0 Å². The Morgan fingerprint density at radius 1 is 1.40 bits per heavy atom. The minimum atomic E-state index is -0.171. The molecule has 0 spiro atoms. The Labute approximate surface area is 94.8 Å². The van der Waals surface area contributed by atoms with E-state index in [1.165, 1.54) is 11.6 Å². The highest BCUT2D eigenvalue weighted by Gasteiger charge is 2.13. The Kier molecular flexibility index (Phi) is 3.11. The molecule has 1 atom stereocenters. The van der Waals surface area contributed by atoms with Crippen molar-refractivity contribution in [2.24, 2.45) is 0 Å². The summed E-state index contributed by atoms with van der Waals surface area (Å²) in [5.74, 6) is -0.171. The van der Waals surface area contributed by atoms with Crippen LogP contribution < -0.4 is 0 Å². The molecule has 0 aliphatic heterocycles. The number of halogens is 2. The molecule has 0 N–H and O–H groups in total. The third kappa shape index (κ3) is 2.40. The monoisotopic (exact) mass is 224 g/mol. The fourth-order valence-electron chi connectivity index (χ4n) is 2.08. The third-order valence-electron chi connectivity index (χ3n) is 2.84. The SMILES string of the molecule is Cc1cc(F)ccc1C1=CC(Cl)CCC1. The first-order chi connectivity index (χ1) is 7.16. The lowest BCUT2D eigenvalue weighted by Gasteiger charge is -2.18. The van der Waals surface area contributed by atoms with Gasteiger partial charge in [0.1, 0.15) is 5.82 Å². The number of hydrogen-bond donors (Lipinski definition) is 0. The number of allylic oxidation sites excluding steroid dienone is 2. The van der Waals surface area contributed by atoms with Crippen LogP contribution in [0.2, 0.25) is 0 Å². The largest absolute Gasteiger partial charge is 0.207 e. The second-order valence-electron chi connectivity index (χ2n) is 4.06. The summed E-state index contributed by atoms with van der Waals surface area (Å²) in [5.41, 5.74) is 3.40. The minimum Gasteiger partial charge on any atom is -0.207 e. The maximum atomic E-state index is 12.9. The van der Waals surface area contributed by atoms with Gasteiger partial charge in [-0.2, -0.15) is 0 Å². The van der Waals surface area contributed by atoms with E-state index in [9.17, 15) is 4.39 Å². The van der Waals surface area contributed by atoms with E-state index in [1.54, 1.807) is 6.07 Å². The van der Waals surface area contributed by atoms with Crippen molar-refractivity contribution in [3.05, 3.63) is 41.2 Å². The van der Waals surface area contributed by atoms with Crippen LogP contribution >= 0.6 is 11.6 Å². The van der Waals surface area contributed by atoms with Crippen molar-refractivity contribution in [3.63, 3.8) is 0 Å². The van der Waals surface area contributed by atoms with Gasteiger partial charge in [-0.15, -0.1) is 11.6 Å². The highest BCUT2D eigenvalue weighted by molar-refractivity contribution is 6.22. The number of aryl methyl sites for hydroxylation is 1. The lowest BCUT2D eigenvalue weighted by Crippen LogP contribution is -2.03. The zero-order chi connectivity index (χ0) is 10.8. The minimum absolute atomic E-state index is 0.137. The molecule has 0 fully saturated rings. The van der Waals surface area contributed by atoms with Crippen molar-refractivity contribution in [2.45, 2.75) is 31.6 Å². The molecule has 0 saturated carbocycles. The van der Waals surface area contributed by atoms with Crippen LogP contribution in [0.15, 0.2) is 24.3 Å². The van der Waals surface area contributed by atoms with Gasteiger partial charge in [0.15, 0.2) is 0 Å². The standard InChI is InChI=1S/C13H14ClF/c1-9-7-12(15)5-6-13(9)10-3-2-4-11(14)8-10/h5-8,11H,2-4H2,1H3. The lowest BCUT2D eigenvalue weighted by molar-refractivity contribution is 0.626. The topological polar surface area (TPSA) is 0 Å². The van der Waals surface area contributed by atoms with E-state index in [1.807, 2.05) is 13.0 Å². The molecule has 2 heteroatoms. The van der Waals surface area contributed by atoms with E-state index in [0.717, 1.165) is 30.4 Å². The number of benzene rings is 1. The Morgan fingerprint density at radius 2 is 2.20 bits per heavy atom. The molecule has 1 unspecified atom stereocenters. The number of alkyl halides is 1. The van der Waals surface area contributed by atoms with E-state index in [4.69, 9.17) is 11.6 Å². The number of hydrogen-bond acceptors (Lipinski definition) is 0. The van der Waals surface area contributed by atoms with Gasteiger partial charge in [0.05, 0.1) is 5.38 Å². The van der Waals surface area contributed by atoms with Crippen LogP contribution in [-0.4, -0.2) is 5.38 Å². The van der Waals surface area contributed by atoms with Gasteiger partial charge in [-0.1, -0.05) is 12.1 Å². The van der Waals surface area contributed by atoms with E-state index >= 15 is 0 Å². The molecule has 0 saturated heterocycles. The summed E-state index contributed by atoms with van der Waals surface area (Å²) in [7, 11) is 0. The van der Waals surface area contributed by atoms with E-state index in [-0.39, 0.29) is 11.2 Å². The molecule has 1 aliphatic rings. The van der Waals surface area contributed by atoms with Crippen LogP contribution in [0.1, 0.15) is 30.4 Å². The predicted octanol–water partition coefficient (Wildman–Crippen LogP) is 4.31. The predicted molar refractivity (Wildman–Crippen MR) is 62.6 cm³/mol. The first-order valence-electron chi connectivity index (χ1n) is 5.28. The molecule has 2 rings (SSSR count). The van der Waals surface area contributed by atoms with Gasteiger partial charge in [0.2, 0.25) is 0 Å². The van der Waals surface area contributed by atoms with Crippen LogP contribution in [0.5, 0.6) is 0 Å². The second kappa shape index (κ2) is 4.36. The van der Waals surface area contributed by atoms with Crippen LogP contribution in [0.25, 0.3) is 5.57 Å². The molecule has 0 radical (unpaired) electrons. The summed E-state index contributed by atoms with van der Waals surface area (Å²) in [6.07, 6.45) is 5.32. The van der Waals surface area contributed by atoms with Gasteiger partial charge in [0, 0.05) is 0 Å². The summed E-state index contributed by atoms with van der Waals surface area (Å²) in [5, 5.41) is 0.137. The van der Waals surface area contributed by atoms with Crippen LogP contribution in [0.3, 0.4) is 0 Å². The molecule has 0 amide bonds.